The van der Waals surface area contributed by atoms with Crippen molar-refractivity contribution in [3.05, 3.63) is 48.0 Å². The number of hydrogen-bond donors (Lipinski definition) is 1. The summed E-state index contributed by atoms with van der Waals surface area (Å²) in [6, 6.07) is 14.9. The molecule has 2 unspecified atom stereocenters. The Kier molecular flexibility index (Phi) is 2.43. The van der Waals surface area contributed by atoms with Crippen LogP contribution in [0.2, 0.25) is 0 Å². The summed E-state index contributed by atoms with van der Waals surface area (Å²) in [5, 5.41) is 5.74. The van der Waals surface area contributed by atoms with Gasteiger partial charge in [0.15, 0.2) is 0 Å². The molecule has 2 aliphatic heterocycles. The Balaban J connectivity index is 1.85. The number of piperidine rings is 1. The standard InChI is InChI=1S/C17H18FN/c18-17(10-13-8-9-14(11-17)19-13)16-7-3-5-12-4-1-2-6-15(12)16/h1-7,13-14,19H,8-11H2. The molecule has 1 N–H and O–H groups in total. The summed E-state index contributed by atoms with van der Waals surface area (Å²) in [6.07, 6.45) is 3.50. The highest BCUT2D eigenvalue weighted by Gasteiger charge is 2.45. The molecule has 2 heteroatoms. The van der Waals surface area contributed by atoms with Gasteiger partial charge in [0, 0.05) is 24.9 Å². The average molecular weight is 255 g/mol. The normalized spacial score (nSPS) is 33.7. The van der Waals surface area contributed by atoms with Crippen molar-refractivity contribution in [3.63, 3.8) is 0 Å². The van der Waals surface area contributed by atoms with Gasteiger partial charge in [0.25, 0.3) is 0 Å². The second-order valence-electron chi connectivity index (χ2n) is 6.04. The van der Waals surface area contributed by atoms with Gasteiger partial charge < -0.3 is 5.32 Å². The van der Waals surface area contributed by atoms with Crippen molar-refractivity contribution >= 4 is 10.8 Å². The minimum absolute atomic E-state index is 0.364. The summed E-state index contributed by atoms with van der Waals surface area (Å²) in [4.78, 5) is 0. The molecule has 0 radical (unpaired) electrons. The van der Waals surface area contributed by atoms with Crippen LogP contribution in [0, 0.1) is 0 Å². The highest BCUT2D eigenvalue weighted by atomic mass is 19.1. The van der Waals surface area contributed by atoms with Crippen molar-refractivity contribution in [1.82, 2.24) is 5.32 Å². The summed E-state index contributed by atoms with van der Waals surface area (Å²) < 4.78 is 15.5. The molecule has 1 nitrogen and oxygen atoms in total. The molecule has 98 valence electrons. The zero-order chi connectivity index (χ0) is 12.9. The third kappa shape index (κ3) is 1.78. The summed E-state index contributed by atoms with van der Waals surface area (Å²) in [5.74, 6) is 0. The second kappa shape index (κ2) is 4.04. The second-order valence-corrected chi connectivity index (χ2v) is 6.04. The van der Waals surface area contributed by atoms with Gasteiger partial charge in [-0.1, -0.05) is 42.5 Å². The third-order valence-corrected chi connectivity index (χ3v) is 4.75. The monoisotopic (exact) mass is 255 g/mol. The van der Waals surface area contributed by atoms with E-state index in [-0.39, 0.29) is 0 Å². The highest BCUT2D eigenvalue weighted by molar-refractivity contribution is 5.86. The first kappa shape index (κ1) is 11.4. The van der Waals surface area contributed by atoms with Crippen molar-refractivity contribution in [2.24, 2.45) is 0 Å². The Hall–Kier alpha value is -1.41. The van der Waals surface area contributed by atoms with Crippen LogP contribution in [0.1, 0.15) is 31.2 Å². The first-order valence-corrected chi connectivity index (χ1v) is 7.18. The van der Waals surface area contributed by atoms with Gasteiger partial charge in [-0.2, -0.15) is 0 Å². The molecule has 2 aromatic rings. The Morgan fingerprint density at radius 1 is 0.947 bits per heavy atom. The SMILES string of the molecule is FC1(c2cccc3ccccc23)CC2CCC(C1)N2. The lowest BCUT2D eigenvalue weighted by Crippen LogP contribution is -2.44. The van der Waals surface area contributed by atoms with Gasteiger partial charge in [-0.3, -0.25) is 0 Å². The number of alkyl halides is 1. The van der Waals surface area contributed by atoms with E-state index < -0.39 is 5.67 Å². The van der Waals surface area contributed by atoms with Crippen molar-refractivity contribution < 1.29 is 4.39 Å². The number of benzene rings is 2. The Morgan fingerprint density at radius 3 is 2.42 bits per heavy atom. The zero-order valence-corrected chi connectivity index (χ0v) is 10.9. The lowest BCUT2D eigenvalue weighted by molar-refractivity contribution is 0.0890. The molecular weight excluding hydrogens is 237 g/mol. The quantitative estimate of drug-likeness (QED) is 0.814. The van der Waals surface area contributed by atoms with Crippen LogP contribution in [-0.2, 0) is 5.67 Å². The molecule has 2 aliphatic rings. The minimum atomic E-state index is -1.15. The molecule has 2 atom stereocenters. The fraction of sp³-hybridized carbons (Fsp3) is 0.412. The molecule has 0 spiro atoms. The fourth-order valence-electron chi connectivity index (χ4n) is 3.92. The van der Waals surface area contributed by atoms with Gasteiger partial charge >= 0.3 is 0 Å². The molecule has 0 saturated carbocycles. The summed E-state index contributed by atoms with van der Waals surface area (Å²) in [5.41, 5.74) is -0.262. The molecule has 2 bridgehead atoms. The fourth-order valence-corrected chi connectivity index (χ4v) is 3.92. The number of fused-ring (bicyclic) bond motifs is 3. The van der Waals surface area contributed by atoms with Crippen LogP contribution in [-0.4, -0.2) is 12.1 Å². The highest BCUT2D eigenvalue weighted by Crippen LogP contribution is 2.45. The van der Waals surface area contributed by atoms with E-state index in [1.165, 1.54) is 0 Å². The molecule has 0 amide bonds. The number of nitrogens with one attached hydrogen (secondary N) is 1. The molecule has 2 aromatic carbocycles. The van der Waals surface area contributed by atoms with E-state index >= 15 is 4.39 Å². The van der Waals surface area contributed by atoms with E-state index in [1.54, 1.807) is 0 Å². The van der Waals surface area contributed by atoms with E-state index in [0.717, 1.165) is 29.2 Å². The van der Waals surface area contributed by atoms with E-state index in [9.17, 15) is 0 Å². The van der Waals surface area contributed by atoms with E-state index in [2.05, 4.69) is 23.5 Å². The lowest BCUT2D eigenvalue weighted by Gasteiger charge is -2.36. The lowest BCUT2D eigenvalue weighted by atomic mass is 9.81. The van der Waals surface area contributed by atoms with Crippen LogP contribution in [0.5, 0.6) is 0 Å². The van der Waals surface area contributed by atoms with Crippen molar-refractivity contribution in [2.45, 2.75) is 43.4 Å². The number of halogens is 1. The summed E-state index contributed by atoms with van der Waals surface area (Å²) >= 11 is 0. The van der Waals surface area contributed by atoms with Gasteiger partial charge in [0.05, 0.1) is 0 Å². The van der Waals surface area contributed by atoms with Crippen LogP contribution >= 0.6 is 0 Å². The van der Waals surface area contributed by atoms with Crippen LogP contribution in [0.4, 0.5) is 4.39 Å². The maximum atomic E-state index is 15.5. The maximum absolute atomic E-state index is 15.5. The summed E-state index contributed by atoms with van der Waals surface area (Å²) in [6.45, 7) is 0. The van der Waals surface area contributed by atoms with Gasteiger partial charge in [-0.15, -0.1) is 0 Å². The van der Waals surface area contributed by atoms with Gasteiger partial charge in [-0.25, -0.2) is 4.39 Å². The first-order chi connectivity index (χ1) is 9.24. The molecule has 0 aliphatic carbocycles. The summed E-state index contributed by atoms with van der Waals surface area (Å²) in [7, 11) is 0. The smallest absolute Gasteiger partial charge is 0.139 e. The van der Waals surface area contributed by atoms with Crippen LogP contribution < -0.4 is 5.32 Å². The Morgan fingerprint density at radius 2 is 1.63 bits per heavy atom. The van der Waals surface area contributed by atoms with Gasteiger partial charge in [-0.05, 0) is 29.2 Å². The first-order valence-electron chi connectivity index (χ1n) is 7.18. The van der Waals surface area contributed by atoms with Gasteiger partial charge in [0.1, 0.15) is 5.67 Å². The van der Waals surface area contributed by atoms with Crippen LogP contribution in [0.25, 0.3) is 10.8 Å². The van der Waals surface area contributed by atoms with Crippen LogP contribution in [0.15, 0.2) is 42.5 Å². The molecule has 19 heavy (non-hydrogen) atoms. The minimum Gasteiger partial charge on any atom is -0.311 e. The molecule has 2 saturated heterocycles. The molecule has 4 rings (SSSR count). The van der Waals surface area contributed by atoms with E-state index in [0.29, 0.717) is 24.9 Å². The molecule has 2 fully saturated rings. The largest absolute Gasteiger partial charge is 0.311 e. The Labute approximate surface area is 112 Å². The van der Waals surface area contributed by atoms with E-state index in [1.807, 2.05) is 24.3 Å². The van der Waals surface area contributed by atoms with Gasteiger partial charge in [0.2, 0.25) is 0 Å². The van der Waals surface area contributed by atoms with E-state index in [4.69, 9.17) is 0 Å². The topological polar surface area (TPSA) is 12.0 Å². The zero-order valence-electron chi connectivity index (χ0n) is 10.9. The molecule has 2 heterocycles. The molecular formula is C17H18FN. The maximum Gasteiger partial charge on any atom is 0.139 e. The number of rotatable bonds is 1. The van der Waals surface area contributed by atoms with Crippen molar-refractivity contribution in [1.29, 1.82) is 0 Å². The predicted octanol–water partition coefficient (Wildman–Crippen LogP) is 3.92. The van der Waals surface area contributed by atoms with Crippen molar-refractivity contribution in [3.8, 4) is 0 Å². The van der Waals surface area contributed by atoms with Crippen molar-refractivity contribution in [2.75, 3.05) is 0 Å². The number of hydrogen-bond acceptors (Lipinski definition) is 1. The van der Waals surface area contributed by atoms with Crippen LogP contribution in [0.3, 0.4) is 0 Å². The predicted molar refractivity (Wildman–Crippen MR) is 75.9 cm³/mol. The Bertz CT molecular complexity index is 604. The average Bonchev–Trinajstić information content (AvgIpc) is 2.78. The molecule has 0 aromatic heterocycles. The third-order valence-electron chi connectivity index (χ3n) is 4.75.